The number of benzene rings is 1. The van der Waals surface area contributed by atoms with Crippen LogP contribution in [0, 0.1) is 10.1 Å². The summed E-state index contributed by atoms with van der Waals surface area (Å²) in [6.45, 7) is -0.117. The first-order chi connectivity index (χ1) is 7.38. The number of quaternary nitrogens is 1. The Kier molecular flexibility index (Phi) is 3.62. The van der Waals surface area contributed by atoms with Gasteiger partial charge in [0.2, 0.25) is 0 Å². The van der Waals surface area contributed by atoms with Gasteiger partial charge in [-0.25, -0.2) is 0 Å². The fourth-order valence-electron chi connectivity index (χ4n) is 1.70. The van der Waals surface area contributed by atoms with E-state index in [0.717, 1.165) is 0 Å². The molecule has 1 aromatic carbocycles. The summed E-state index contributed by atoms with van der Waals surface area (Å²) < 4.78 is 0.446. The van der Waals surface area contributed by atoms with Gasteiger partial charge in [0.25, 0.3) is 5.69 Å². The maximum atomic E-state index is 10.9. The van der Waals surface area contributed by atoms with Gasteiger partial charge in [0.05, 0.1) is 38.2 Å². The maximum absolute atomic E-state index is 10.9. The van der Waals surface area contributed by atoms with E-state index < -0.39 is 4.92 Å². The number of rotatable bonds is 4. The molecule has 1 unspecified atom stereocenters. The molecule has 0 radical (unpaired) electrons. The minimum Gasteiger partial charge on any atom is -0.390 e. The summed E-state index contributed by atoms with van der Waals surface area (Å²) in [5.74, 6) is 0. The fourth-order valence-corrected chi connectivity index (χ4v) is 1.70. The lowest BCUT2D eigenvalue weighted by Crippen LogP contribution is -2.41. The Morgan fingerprint density at radius 1 is 1.38 bits per heavy atom. The van der Waals surface area contributed by atoms with Crippen molar-refractivity contribution in [2.45, 2.75) is 6.04 Å². The van der Waals surface area contributed by atoms with Crippen molar-refractivity contribution in [2.75, 3.05) is 27.7 Å². The second-order valence-corrected chi connectivity index (χ2v) is 4.63. The lowest BCUT2D eigenvalue weighted by molar-refractivity contribution is -0.902. The maximum Gasteiger partial charge on any atom is 0.278 e. The fraction of sp³-hybridized carbons (Fsp3) is 0.455. The van der Waals surface area contributed by atoms with Gasteiger partial charge in [-0.1, -0.05) is 12.1 Å². The monoisotopic (exact) mass is 225 g/mol. The van der Waals surface area contributed by atoms with Crippen LogP contribution in [0.15, 0.2) is 24.3 Å². The van der Waals surface area contributed by atoms with E-state index in [2.05, 4.69) is 0 Å². The summed E-state index contributed by atoms with van der Waals surface area (Å²) in [4.78, 5) is 10.5. The zero-order chi connectivity index (χ0) is 12.3. The number of likely N-dealkylation sites (N-methyl/N-ethyl adjacent to an activating group) is 1. The third-order valence-electron chi connectivity index (χ3n) is 2.60. The second kappa shape index (κ2) is 4.59. The average Bonchev–Trinajstić information content (AvgIpc) is 2.17. The third kappa shape index (κ3) is 2.56. The molecule has 0 aromatic heterocycles. The Hall–Kier alpha value is -1.46. The van der Waals surface area contributed by atoms with Crippen LogP contribution < -0.4 is 0 Å². The predicted molar refractivity (Wildman–Crippen MR) is 61.0 cm³/mol. The Morgan fingerprint density at radius 2 is 1.94 bits per heavy atom. The molecule has 0 spiro atoms. The number of nitrogens with zero attached hydrogens (tertiary/aromatic N) is 2. The molecule has 1 atom stereocenters. The van der Waals surface area contributed by atoms with E-state index in [1.165, 1.54) is 6.07 Å². The van der Waals surface area contributed by atoms with Crippen LogP contribution in [0.25, 0.3) is 0 Å². The van der Waals surface area contributed by atoms with Gasteiger partial charge in [0.15, 0.2) is 0 Å². The van der Waals surface area contributed by atoms with E-state index in [9.17, 15) is 15.2 Å². The lowest BCUT2D eigenvalue weighted by Gasteiger charge is -2.32. The number of hydrogen-bond donors (Lipinski definition) is 1. The molecule has 0 heterocycles. The molecule has 0 aliphatic heterocycles. The number of para-hydroxylation sites is 1. The minimum absolute atomic E-state index is 0.0644. The standard InChI is InChI=1S/C11H17N2O3/c1-13(2,3)11(8-14)9-6-4-5-7-10(9)12(15)16/h4-7,11,14H,8H2,1-3H3/q+1. The van der Waals surface area contributed by atoms with Crippen molar-refractivity contribution in [3.8, 4) is 0 Å². The third-order valence-corrected chi connectivity index (χ3v) is 2.60. The molecular weight excluding hydrogens is 208 g/mol. The number of nitro groups is 1. The van der Waals surface area contributed by atoms with Gasteiger partial charge in [-0.2, -0.15) is 0 Å². The summed E-state index contributed by atoms with van der Waals surface area (Å²) in [6, 6.07) is 6.25. The molecule has 16 heavy (non-hydrogen) atoms. The van der Waals surface area contributed by atoms with Crippen LogP contribution >= 0.6 is 0 Å². The molecular formula is C11H17N2O3+. The van der Waals surface area contributed by atoms with Crippen LogP contribution in [-0.4, -0.2) is 42.3 Å². The summed E-state index contributed by atoms with van der Waals surface area (Å²) >= 11 is 0. The quantitative estimate of drug-likeness (QED) is 0.477. The molecule has 0 fully saturated rings. The molecule has 0 saturated heterocycles. The van der Waals surface area contributed by atoms with Crippen molar-refractivity contribution in [1.82, 2.24) is 0 Å². The highest BCUT2D eigenvalue weighted by atomic mass is 16.6. The number of nitro benzene ring substituents is 1. The van der Waals surface area contributed by atoms with E-state index in [4.69, 9.17) is 0 Å². The van der Waals surface area contributed by atoms with Gasteiger partial charge in [-0.15, -0.1) is 0 Å². The topological polar surface area (TPSA) is 63.4 Å². The van der Waals surface area contributed by atoms with E-state index in [1.807, 2.05) is 21.1 Å². The van der Waals surface area contributed by atoms with Gasteiger partial charge in [0, 0.05) is 6.07 Å². The Labute approximate surface area is 94.7 Å². The van der Waals surface area contributed by atoms with Crippen LogP contribution in [0.4, 0.5) is 5.69 Å². The highest BCUT2D eigenvalue weighted by molar-refractivity contribution is 5.41. The van der Waals surface area contributed by atoms with Crippen molar-refractivity contribution >= 4 is 5.69 Å². The summed E-state index contributed by atoms with van der Waals surface area (Å²) in [5, 5.41) is 20.3. The van der Waals surface area contributed by atoms with Crippen LogP contribution in [0.2, 0.25) is 0 Å². The van der Waals surface area contributed by atoms with Crippen molar-refractivity contribution in [1.29, 1.82) is 0 Å². The van der Waals surface area contributed by atoms with Crippen molar-refractivity contribution in [3.63, 3.8) is 0 Å². The molecule has 0 aliphatic carbocycles. The molecule has 5 heteroatoms. The second-order valence-electron chi connectivity index (χ2n) is 4.63. The molecule has 88 valence electrons. The first kappa shape index (κ1) is 12.6. The summed E-state index contributed by atoms with van der Waals surface area (Å²) in [5.41, 5.74) is 0.636. The molecule has 1 N–H and O–H groups in total. The van der Waals surface area contributed by atoms with E-state index in [-0.39, 0.29) is 18.3 Å². The molecule has 0 saturated carbocycles. The summed E-state index contributed by atoms with van der Waals surface area (Å²) in [6.07, 6.45) is 0. The van der Waals surface area contributed by atoms with Crippen molar-refractivity contribution < 1.29 is 14.5 Å². The number of aliphatic hydroxyl groups is 1. The van der Waals surface area contributed by atoms with E-state index in [1.54, 1.807) is 18.2 Å². The smallest absolute Gasteiger partial charge is 0.278 e. The molecule has 0 bridgehead atoms. The Bertz CT molecular complexity index is 385. The number of aliphatic hydroxyl groups excluding tert-OH is 1. The SMILES string of the molecule is C[N+](C)(C)C(CO)c1ccccc1[N+](=O)[O-]. The largest absolute Gasteiger partial charge is 0.390 e. The molecule has 1 rings (SSSR count). The zero-order valence-corrected chi connectivity index (χ0v) is 9.75. The minimum atomic E-state index is -0.409. The van der Waals surface area contributed by atoms with Gasteiger partial charge in [-0.3, -0.25) is 10.1 Å². The highest BCUT2D eigenvalue weighted by Crippen LogP contribution is 2.30. The molecule has 1 aromatic rings. The van der Waals surface area contributed by atoms with Gasteiger partial charge in [0.1, 0.15) is 6.04 Å². The lowest BCUT2D eigenvalue weighted by atomic mass is 10.0. The average molecular weight is 225 g/mol. The van der Waals surface area contributed by atoms with Crippen molar-refractivity contribution in [2.24, 2.45) is 0 Å². The molecule has 5 nitrogen and oxygen atoms in total. The first-order valence-electron chi connectivity index (χ1n) is 5.03. The van der Waals surface area contributed by atoms with Crippen LogP contribution in [-0.2, 0) is 0 Å². The highest BCUT2D eigenvalue weighted by Gasteiger charge is 2.30. The van der Waals surface area contributed by atoms with Gasteiger partial charge >= 0.3 is 0 Å². The molecule has 0 aliphatic rings. The van der Waals surface area contributed by atoms with Crippen molar-refractivity contribution in [3.05, 3.63) is 39.9 Å². The summed E-state index contributed by atoms with van der Waals surface area (Å²) in [7, 11) is 5.70. The van der Waals surface area contributed by atoms with Crippen LogP contribution in [0.3, 0.4) is 0 Å². The zero-order valence-electron chi connectivity index (χ0n) is 9.75. The normalized spacial score (nSPS) is 13.5. The predicted octanol–water partition coefficient (Wildman–Crippen LogP) is 1.33. The van der Waals surface area contributed by atoms with Gasteiger partial charge in [-0.05, 0) is 6.07 Å². The van der Waals surface area contributed by atoms with Crippen LogP contribution in [0.1, 0.15) is 11.6 Å². The van der Waals surface area contributed by atoms with E-state index >= 15 is 0 Å². The Morgan fingerprint density at radius 3 is 2.38 bits per heavy atom. The Balaban J connectivity index is 3.25. The first-order valence-corrected chi connectivity index (χ1v) is 5.03. The number of hydrogen-bond acceptors (Lipinski definition) is 3. The van der Waals surface area contributed by atoms with Gasteiger partial charge < -0.3 is 9.59 Å². The molecule has 0 amide bonds. The van der Waals surface area contributed by atoms with E-state index in [0.29, 0.717) is 10.0 Å². The van der Waals surface area contributed by atoms with Crippen LogP contribution in [0.5, 0.6) is 0 Å².